The summed E-state index contributed by atoms with van der Waals surface area (Å²) in [6, 6.07) is 0. The molecule has 2 aliphatic heterocycles. The molecule has 2 aliphatic rings. The molecule has 0 amide bonds. The van der Waals surface area contributed by atoms with E-state index in [9.17, 15) is 4.79 Å². The lowest BCUT2D eigenvalue weighted by Crippen LogP contribution is -2.27. The number of anilines is 3. The van der Waals surface area contributed by atoms with Crippen LogP contribution in [0.25, 0.3) is 0 Å². The second kappa shape index (κ2) is 4.56. The first-order valence-electron chi connectivity index (χ1n) is 6.53. The van der Waals surface area contributed by atoms with E-state index in [2.05, 4.69) is 15.3 Å². The Morgan fingerprint density at radius 2 is 2.32 bits per heavy atom. The molecule has 0 aromatic carbocycles. The van der Waals surface area contributed by atoms with Crippen LogP contribution in [0.3, 0.4) is 0 Å². The summed E-state index contributed by atoms with van der Waals surface area (Å²) in [5, 5.41) is 12.3. The number of nitrogens with zero attached hydrogens (tertiary/aromatic N) is 3. The summed E-state index contributed by atoms with van der Waals surface area (Å²) in [6.45, 7) is 2.10. The molecule has 4 N–H and O–H groups in total. The zero-order valence-electron chi connectivity index (χ0n) is 10.6. The van der Waals surface area contributed by atoms with Crippen molar-refractivity contribution in [3.63, 3.8) is 0 Å². The van der Waals surface area contributed by atoms with E-state index in [-0.39, 0.29) is 11.9 Å². The summed E-state index contributed by atoms with van der Waals surface area (Å²) in [6.07, 6.45) is 2.59. The lowest BCUT2D eigenvalue weighted by Gasteiger charge is -2.25. The molecule has 1 fully saturated rings. The van der Waals surface area contributed by atoms with Gasteiger partial charge in [0.05, 0.1) is 5.92 Å². The van der Waals surface area contributed by atoms with Crippen LogP contribution in [0.5, 0.6) is 0 Å². The predicted octanol–water partition coefficient (Wildman–Crippen LogP) is 0.328. The van der Waals surface area contributed by atoms with E-state index in [1.165, 1.54) is 0 Å². The van der Waals surface area contributed by atoms with Crippen LogP contribution in [0, 0.1) is 5.92 Å². The van der Waals surface area contributed by atoms with Crippen molar-refractivity contribution in [1.82, 2.24) is 9.97 Å². The largest absolute Gasteiger partial charge is 0.481 e. The van der Waals surface area contributed by atoms with E-state index in [1.807, 2.05) is 4.90 Å². The van der Waals surface area contributed by atoms with Gasteiger partial charge in [0.15, 0.2) is 0 Å². The molecule has 102 valence electrons. The average Bonchev–Trinajstić information content (AvgIpc) is 2.87. The smallest absolute Gasteiger partial charge is 0.308 e. The van der Waals surface area contributed by atoms with Gasteiger partial charge in [-0.2, -0.15) is 9.97 Å². The van der Waals surface area contributed by atoms with Crippen LogP contribution in [0.1, 0.15) is 18.4 Å². The number of nitrogen functional groups attached to an aromatic ring is 1. The van der Waals surface area contributed by atoms with Crippen molar-refractivity contribution < 1.29 is 9.90 Å². The quantitative estimate of drug-likeness (QED) is 0.706. The summed E-state index contributed by atoms with van der Waals surface area (Å²) in [5.41, 5.74) is 6.80. The molecule has 0 spiro atoms. The molecular weight excluding hydrogens is 246 g/mol. The van der Waals surface area contributed by atoms with Crippen LogP contribution >= 0.6 is 0 Å². The van der Waals surface area contributed by atoms with Crippen LogP contribution in [0.4, 0.5) is 17.6 Å². The van der Waals surface area contributed by atoms with Crippen molar-refractivity contribution in [1.29, 1.82) is 0 Å². The average molecular weight is 263 g/mol. The number of carboxylic acids is 1. The van der Waals surface area contributed by atoms with Gasteiger partial charge < -0.3 is 21.1 Å². The minimum absolute atomic E-state index is 0.238. The molecule has 0 radical (unpaired) electrons. The summed E-state index contributed by atoms with van der Waals surface area (Å²) in [7, 11) is 0. The van der Waals surface area contributed by atoms with Crippen LogP contribution in [0.2, 0.25) is 0 Å². The first kappa shape index (κ1) is 12.0. The van der Waals surface area contributed by atoms with Gasteiger partial charge in [0.25, 0.3) is 0 Å². The Hall–Kier alpha value is -2.05. The van der Waals surface area contributed by atoms with Crippen molar-refractivity contribution in [3.05, 3.63) is 5.56 Å². The van der Waals surface area contributed by atoms with E-state index < -0.39 is 5.97 Å². The minimum Gasteiger partial charge on any atom is -0.481 e. The molecule has 7 heteroatoms. The summed E-state index contributed by atoms with van der Waals surface area (Å²) < 4.78 is 0. The number of nitrogens with two attached hydrogens (primary N) is 1. The highest BCUT2D eigenvalue weighted by Crippen LogP contribution is 2.32. The number of hydrogen-bond donors (Lipinski definition) is 3. The Bertz CT molecular complexity index is 519. The lowest BCUT2D eigenvalue weighted by atomic mass is 10.1. The van der Waals surface area contributed by atoms with Crippen molar-refractivity contribution >= 4 is 23.6 Å². The second-order valence-electron chi connectivity index (χ2n) is 5.03. The standard InChI is InChI=1S/C12H17N5O2/c13-12-15-9-8(2-1-4-14-9)10(16-12)17-5-3-7(6-17)11(18)19/h7H,1-6H2,(H,18,19)(H3,13,14,15,16)/t7-/m1/s1. The molecule has 0 unspecified atom stereocenters. The molecule has 0 bridgehead atoms. The number of fused-ring (bicyclic) bond motifs is 1. The van der Waals surface area contributed by atoms with Gasteiger partial charge in [0.1, 0.15) is 11.6 Å². The Labute approximate surface area is 110 Å². The van der Waals surface area contributed by atoms with E-state index in [4.69, 9.17) is 10.8 Å². The summed E-state index contributed by atoms with van der Waals surface area (Å²) in [5.74, 6) is 0.785. The molecule has 0 saturated carbocycles. The first-order chi connectivity index (χ1) is 9.15. The Morgan fingerprint density at radius 3 is 3.05 bits per heavy atom. The molecular formula is C12H17N5O2. The van der Waals surface area contributed by atoms with Crippen molar-refractivity contribution in [2.45, 2.75) is 19.3 Å². The zero-order valence-corrected chi connectivity index (χ0v) is 10.6. The Kier molecular flexibility index (Phi) is 2.88. The van der Waals surface area contributed by atoms with Crippen molar-refractivity contribution in [2.24, 2.45) is 5.92 Å². The van der Waals surface area contributed by atoms with Crippen LogP contribution in [-0.4, -0.2) is 40.7 Å². The Morgan fingerprint density at radius 1 is 1.47 bits per heavy atom. The molecule has 3 rings (SSSR count). The van der Waals surface area contributed by atoms with Gasteiger partial charge >= 0.3 is 5.97 Å². The molecule has 7 nitrogen and oxygen atoms in total. The molecule has 1 atom stereocenters. The van der Waals surface area contributed by atoms with Gasteiger partial charge in [0, 0.05) is 25.2 Å². The molecule has 1 saturated heterocycles. The SMILES string of the molecule is Nc1nc2c(c(N3CC[C@@H](C(=O)O)C3)n1)CCCN2. The van der Waals surface area contributed by atoms with Crippen LogP contribution in [0.15, 0.2) is 0 Å². The number of aliphatic carboxylic acids is 1. The molecule has 3 heterocycles. The maximum atomic E-state index is 11.0. The highest BCUT2D eigenvalue weighted by atomic mass is 16.4. The van der Waals surface area contributed by atoms with Gasteiger partial charge in [-0.3, -0.25) is 4.79 Å². The fourth-order valence-electron chi connectivity index (χ4n) is 2.75. The summed E-state index contributed by atoms with van der Waals surface area (Å²) in [4.78, 5) is 21.6. The third-order valence-corrected chi connectivity index (χ3v) is 3.74. The van der Waals surface area contributed by atoms with E-state index in [0.29, 0.717) is 19.5 Å². The molecule has 19 heavy (non-hydrogen) atoms. The number of aromatic nitrogens is 2. The fourth-order valence-corrected chi connectivity index (χ4v) is 2.75. The predicted molar refractivity (Wildman–Crippen MR) is 71.2 cm³/mol. The monoisotopic (exact) mass is 263 g/mol. The first-order valence-corrected chi connectivity index (χ1v) is 6.53. The van der Waals surface area contributed by atoms with Gasteiger partial charge in [-0.15, -0.1) is 0 Å². The van der Waals surface area contributed by atoms with E-state index in [1.54, 1.807) is 0 Å². The van der Waals surface area contributed by atoms with Gasteiger partial charge in [-0.05, 0) is 19.3 Å². The number of nitrogens with one attached hydrogen (secondary N) is 1. The normalized spacial score (nSPS) is 21.9. The van der Waals surface area contributed by atoms with E-state index >= 15 is 0 Å². The zero-order chi connectivity index (χ0) is 13.4. The van der Waals surface area contributed by atoms with Crippen LogP contribution in [-0.2, 0) is 11.2 Å². The molecule has 0 aliphatic carbocycles. The highest BCUT2D eigenvalue weighted by Gasteiger charge is 2.31. The fraction of sp³-hybridized carbons (Fsp3) is 0.583. The number of hydrogen-bond acceptors (Lipinski definition) is 6. The Balaban J connectivity index is 1.92. The van der Waals surface area contributed by atoms with E-state index in [0.717, 1.165) is 36.6 Å². The maximum absolute atomic E-state index is 11.0. The number of carbonyl (C=O) groups is 1. The molecule has 1 aromatic heterocycles. The topological polar surface area (TPSA) is 104 Å². The van der Waals surface area contributed by atoms with Crippen LogP contribution < -0.4 is 16.0 Å². The maximum Gasteiger partial charge on any atom is 0.308 e. The second-order valence-corrected chi connectivity index (χ2v) is 5.03. The molecule has 1 aromatic rings. The lowest BCUT2D eigenvalue weighted by molar-refractivity contribution is -0.140. The highest BCUT2D eigenvalue weighted by molar-refractivity contribution is 5.72. The number of carboxylic acid groups (broad SMARTS) is 1. The van der Waals surface area contributed by atoms with Crippen molar-refractivity contribution in [2.75, 3.05) is 35.6 Å². The number of rotatable bonds is 2. The minimum atomic E-state index is -0.739. The summed E-state index contributed by atoms with van der Waals surface area (Å²) >= 11 is 0. The van der Waals surface area contributed by atoms with Gasteiger partial charge in [-0.1, -0.05) is 0 Å². The third-order valence-electron chi connectivity index (χ3n) is 3.74. The van der Waals surface area contributed by atoms with Crippen molar-refractivity contribution in [3.8, 4) is 0 Å². The van der Waals surface area contributed by atoms with Gasteiger partial charge in [-0.25, -0.2) is 0 Å². The van der Waals surface area contributed by atoms with Gasteiger partial charge in [0.2, 0.25) is 5.95 Å². The third kappa shape index (κ3) is 2.16.